The Bertz CT molecular complexity index is 442. The van der Waals surface area contributed by atoms with Crippen molar-refractivity contribution in [3.63, 3.8) is 0 Å². The third kappa shape index (κ3) is 2.77. The van der Waals surface area contributed by atoms with Crippen LogP contribution >= 0.6 is 15.9 Å². The van der Waals surface area contributed by atoms with Crippen molar-refractivity contribution in [2.45, 2.75) is 38.1 Å². The largest absolute Gasteiger partial charge is 0.374 e. The highest BCUT2D eigenvalue weighted by molar-refractivity contribution is 9.10. The highest BCUT2D eigenvalue weighted by Gasteiger charge is 2.30. The van der Waals surface area contributed by atoms with Crippen LogP contribution in [0.15, 0.2) is 22.7 Å². The van der Waals surface area contributed by atoms with Crippen LogP contribution in [-0.2, 0) is 0 Å². The van der Waals surface area contributed by atoms with Gasteiger partial charge in [0.15, 0.2) is 0 Å². The molecule has 1 aliphatic carbocycles. The van der Waals surface area contributed by atoms with Crippen LogP contribution in [-0.4, -0.2) is 10.5 Å². The van der Waals surface area contributed by atoms with Gasteiger partial charge in [0.1, 0.15) is 5.69 Å². The van der Waals surface area contributed by atoms with E-state index < -0.39 is 0 Å². The maximum Gasteiger partial charge on any atom is 0.292 e. The molecule has 0 heterocycles. The van der Waals surface area contributed by atoms with Crippen LogP contribution in [0, 0.1) is 10.1 Å². The molecular formula is C12H15BrN2O2. The summed E-state index contributed by atoms with van der Waals surface area (Å²) in [6.45, 7) is 2.13. The van der Waals surface area contributed by atoms with E-state index in [2.05, 4.69) is 28.2 Å². The molecule has 1 N–H and O–H groups in total. The zero-order valence-corrected chi connectivity index (χ0v) is 11.3. The number of hydrogen-bond donors (Lipinski definition) is 1. The Hall–Kier alpha value is -1.10. The van der Waals surface area contributed by atoms with Crippen molar-refractivity contribution in [2.75, 3.05) is 5.32 Å². The lowest BCUT2D eigenvalue weighted by Crippen LogP contribution is -2.31. The summed E-state index contributed by atoms with van der Waals surface area (Å²) in [5, 5.41) is 14.3. The van der Waals surface area contributed by atoms with Crippen molar-refractivity contribution in [1.82, 2.24) is 0 Å². The molecule has 17 heavy (non-hydrogen) atoms. The molecule has 0 aliphatic heterocycles. The summed E-state index contributed by atoms with van der Waals surface area (Å²) in [5.74, 6) is 0. The van der Waals surface area contributed by atoms with Crippen molar-refractivity contribution < 1.29 is 4.92 Å². The summed E-state index contributed by atoms with van der Waals surface area (Å²) in [6, 6.07) is 5.01. The van der Waals surface area contributed by atoms with E-state index in [9.17, 15) is 10.1 Å². The number of nitro benzene ring substituents is 1. The molecule has 0 unspecified atom stereocenters. The van der Waals surface area contributed by atoms with Gasteiger partial charge in [-0.2, -0.15) is 0 Å². The number of nitro groups is 1. The van der Waals surface area contributed by atoms with Crippen molar-refractivity contribution in [1.29, 1.82) is 0 Å². The molecule has 0 saturated heterocycles. The number of benzene rings is 1. The Balaban J connectivity index is 2.30. The van der Waals surface area contributed by atoms with Gasteiger partial charge >= 0.3 is 0 Å². The second-order valence-corrected chi connectivity index (χ2v) is 5.73. The maximum absolute atomic E-state index is 11.0. The fraction of sp³-hybridized carbons (Fsp3) is 0.500. The maximum atomic E-state index is 11.0. The van der Waals surface area contributed by atoms with Crippen molar-refractivity contribution in [3.8, 4) is 0 Å². The Morgan fingerprint density at radius 3 is 2.65 bits per heavy atom. The molecule has 1 aromatic carbocycles. The highest BCUT2D eigenvalue weighted by Crippen LogP contribution is 2.36. The number of nitrogens with one attached hydrogen (secondary N) is 1. The van der Waals surface area contributed by atoms with Crippen molar-refractivity contribution >= 4 is 27.3 Å². The molecule has 2 rings (SSSR count). The predicted octanol–water partition coefficient (Wildman–Crippen LogP) is 4.10. The highest BCUT2D eigenvalue weighted by atomic mass is 79.9. The van der Waals surface area contributed by atoms with Gasteiger partial charge in [-0.25, -0.2) is 0 Å². The monoisotopic (exact) mass is 298 g/mol. The quantitative estimate of drug-likeness (QED) is 0.675. The SMILES string of the molecule is CC1(Nc2cc(Br)ccc2[N+](=O)[O-])CCCC1. The average molecular weight is 299 g/mol. The molecule has 0 spiro atoms. The van der Waals surface area contributed by atoms with Gasteiger partial charge in [0.05, 0.1) is 4.92 Å². The minimum atomic E-state index is -0.340. The van der Waals surface area contributed by atoms with E-state index in [1.807, 2.05) is 0 Å². The van der Waals surface area contributed by atoms with Gasteiger partial charge in [0.2, 0.25) is 0 Å². The second kappa shape index (κ2) is 4.64. The minimum Gasteiger partial charge on any atom is -0.374 e. The molecular weight excluding hydrogens is 284 g/mol. The van der Waals surface area contributed by atoms with E-state index in [1.54, 1.807) is 12.1 Å². The first-order valence-electron chi connectivity index (χ1n) is 5.72. The van der Waals surface area contributed by atoms with Gasteiger partial charge < -0.3 is 5.32 Å². The molecule has 0 aromatic heterocycles. The van der Waals surface area contributed by atoms with E-state index in [1.165, 1.54) is 18.9 Å². The Kier molecular flexibility index (Phi) is 3.38. The lowest BCUT2D eigenvalue weighted by molar-refractivity contribution is -0.384. The molecule has 5 heteroatoms. The first kappa shape index (κ1) is 12.4. The normalized spacial score (nSPS) is 18.0. The molecule has 0 radical (unpaired) electrons. The van der Waals surface area contributed by atoms with Crippen molar-refractivity contribution in [3.05, 3.63) is 32.8 Å². The first-order valence-corrected chi connectivity index (χ1v) is 6.52. The first-order chi connectivity index (χ1) is 8.00. The molecule has 4 nitrogen and oxygen atoms in total. The zero-order chi connectivity index (χ0) is 12.5. The third-order valence-corrected chi connectivity index (χ3v) is 3.79. The molecule has 1 saturated carbocycles. The number of rotatable bonds is 3. The van der Waals surface area contributed by atoms with Crippen LogP contribution in [0.4, 0.5) is 11.4 Å². The lowest BCUT2D eigenvalue weighted by atomic mass is 10.00. The van der Waals surface area contributed by atoms with E-state index in [4.69, 9.17) is 0 Å². The van der Waals surface area contributed by atoms with E-state index >= 15 is 0 Å². The number of nitrogens with zero attached hydrogens (tertiary/aromatic N) is 1. The topological polar surface area (TPSA) is 55.2 Å². The van der Waals surface area contributed by atoms with Gasteiger partial charge in [-0.05, 0) is 31.9 Å². The van der Waals surface area contributed by atoms with Gasteiger partial charge in [0.25, 0.3) is 5.69 Å². The summed E-state index contributed by atoms with van der Waals surface area (Å²) >= 11 is 3.35. The summed E-state index contributed by atoms with van der Waals surface area (Å²) in [7, 11) is 0. The summed E-state index contributed by atoms with van der Waals surface area (Å²) in [6.07, 6.45) is 4.50. The van der Waals surface area contributed by atoms with Gasteiger partial charge in [-0.15, -0.1) is 0 Å². The van der Waals surface area contributed by atoms with E-state index in [0.29, 0.717) is 5.69 Å². The van der Waals surface area contributed by atoms with Crippen LogP contribution in [0.25, 0.3) is 0 Å². The van der Waals surface area contributed by atoms with Crippen molar-refractivity contribution in [2.24, 2.45) is 0 Å². The molecule has 0 atom stereocenters. The second-order valence-electron chi connectivity index (χ2n) is 4.81. The van der Waals surface area contributed by atoms with E-state index in [0.717, 1.165) is 17.3 Å². The van der Waals surface area contributed by atoms with E-state index in [-0.39, 0.29) is 16.1 Å². The Labute approximate surface area is 109 Å². The summed E-state index contributed by atoms with van der Waals surface area (Å²) in [4.78, 5) is 10.6. The van der Waals surface area contributed by atoms with Crippen LogP contribution in [0.2, 0.25) is 0 Å². The smallest absolute Gasteiger partial charge is 0.292 e. The zero-order valence-electron chi connectivity index (χ0n) is 9.70. The fourth-order valence-corrected chi connectivity index (χ4v) is 2.73. The van der Waals surface area contributed by atoms with Crippen LogP contribution in [0.3, 0.4) is 0 Å². The predicted molar refractivity (Wildman–Crippen MR) is 71.3 cm³/mol. The molecule has 1 aromatic rings. The fourth-order valence-electron chi connectivity index (χ4n) is 2.37. The Morgan fingerprint density at radius 1 is 1.41 bits per heavy atom. The molecule has 1 aliphatic rings. The average Bonchev–Trinajstić information content (AvgIpc) is 2.64. The summed E-state index contributed by atoms with van der Waals surface area (Å²) in [5.41, 5.74) is 0.737. The van der Waals surface area contributed by atoms with Crippen LogP contribution < -0.4 is 5.32 Å². The summed E-state index contributed by atoms with van der Waals surface area (Å²) < 4.78 is 0.854. The van der Waals surface area contributed by atoms with Gasteiger partial charge in [-0.1, -0.05) is 28.8 Å². The third-order valence-electron chi connectivity index (χ3n) is 3.30. The standard InChI is InChI=1S/C12H15BrN2O2/c1-12(6-2-3-7-12)14-10-8-9(13)4-5-11(10)15(16)17/h4-5,8,14H,2-3,6-7H2,1H3. The molecule has 0 bridgehead atoms. The van der Waals surface area contributed by atoms with Crippen LogP contribution in [0.1, 0.15) is 32.6 Å². The molecule has 92 valence electrons. The minimum absolute atomic E-state index is 0.00838. The van der Waals surface area contributed by atoms with Gasteiger partial charge in [-0.3, -0.25) is 10.1 Å². The lowest BCUT2D eigenvalue weighted by Gasteiger charge is -2.26. The van der Waals surface area contributed by atoms with Crippen LogP contribution in [0.5, 0.6) is 0 Å². The number of halogens is 1. The molecule has 1 fully saturated rings. The van der Waals surface area contributed by atoms with Gasteiger partial charge in [0, 0.05) is 16.1 Å². The molecule has 0 amide bonds. The number of hydrogen-bond acceptors (Lipinski definition) is 3. The number of anilines is 1. The Morgan fingerprint density at radius 2 is 2.06 bits per heavy atom.